The molecule has 5 nitrogen and oxygen atoms in total. The van der Waals surface area contributed by atoms with Crippen LogP contribution in [0.3, 0.4) is 0 Å². The minimum atomic E-state index is -3.66. The van der Waals surface area contributed by atoms with Crippen molar-refractivity contribution in [1.82, 2.24) is 9.55 Å². The fourth-order valence-corrected chi connectivity index (χ4v) is 3.87. The minimum absolute atomic E-state index is 0.214. The Labute approximate surface area is 142 Å². The first kappa shape index (κ1) is 16.5. The average Bonchev–Trinajstić information content (AvgIpc) is 2.81. The van der Waals surface area contributed by atoms with Gasteiger partial charge in [-0.05, 0) is 42.7 Å². The molecule has 2 aromatic carbocycles. The summed E-state index contributed by atoms with van der Waals surface area (Å²) in [5, 5.41) is 0. The Balaban J connectivity index is 2.02. The Hall–Kier alpha value is -2.34. The lowest BCUT2D eigenvalue weighted by Gasteiger charge is -2.14. The van der Waals surface area contributed by atoms with Crippen molar-refractivity contribution in [2.24, 2.45) is 7.05 Å². The summed E-state index contributed by atoms with van der Waals surface area (Å²) in [6.07, 6.45) is 0. The number of benzene rings is 2. The SMILES string of the molecule is Cc1nc2cc(S(=O)(=O)Nc3ccccc3C(C)C)ccc2n1C. The van der Waals surface area contributed by atoms with Gasteiger partial charge in [-0.25, -0.2) is 13.4 Å². The normalized spacial score (nSPS) is 12.0. The van der Waals surface area contributed by atoms with Gasteiger partial charge in [-0.1, -0.05) is 32.0 Å². The van der Waals surface area contributed by atoms with Gasteiger partial charge in [0.05, 0.1) is 21.6 Å². The highest BCUT2D eigenvalue weighted by Crippen LogP contribution is 2.27. The molecule has 0 spiro atoms. The van der Waals surface area contributed by atoms with Gasteiger partial charge in [0.15, 0.2) is 0 Å². The molecule has 1 heterocycles. The second-order valence-electron chi connectivity index (χ2n) is 6.22. The van der Waals surface area contributed by atoms with E-state index >= 15 is 0 Å². The number of hydrogen-bond donors (Lipinski definition) is 1. The molecule has 0 saturated heterocycles. The number of para-hydroxylation sites is 1. The van der Waals surface area contributed by atoms with E-state index in [0.29, 0.717) is 11.2 Å². The third-order valence-electron chi connectivity index (χ3n) is 4.21. The number of imidazole rings is 1. The molecule has 3 rings (SSSR count). The predicted molar refractivity (Wildman–Crippen MR) is 96.8 cm³/mol. The highest BCUT2D eigenvalue weighted by Gasteiger charge is 2.18. The van der Waals surface area contributed by atoms with Crippen LogP contribution in [0.5, 0.6) is 0 Å². The Kier molecular flexibility index (Phi) is 4.09. The highest BCUT2D eigenvalue weighted by molar-refractivity contribution is 7.92. The zero-order valence-electron chi connectivity index (χ0n) is 14.2. The fraction of sp³-hybridized carbons (Fsp3) is 0.278. The Morgan fingerprint density at radius 1 is 1.12 bits per heavy atom. The van der Waals surface area contributed by atoms with Crippen LogP contribution in [0.2, 0.25) is 0 Å². The third kappa shape index (κ3) is 2.89. The van der Waals surface area contributed by atoms with Gasteiger partial charge in [0.1, 0.15) is 5.82 Å². The molecule has 3 aromatic rings. The van der Waals surface area contributed by atoms with E-state index in [-0.39, 0.29) is 10.8 Å². The van der Waals surface area contributed by atoms with Gasteiger partial charge >= 0.3 is 0 Å². The summed E-state index contributed by atoms with van der Waals surface area (Å²) in [7, 11) is -1.75. The summed E-state index contributed by atoms with van der Waals surface area (Å²) < 4.78 is 30.2. The van der Waals surface area contributed by atoms with E-state index in [0.717, 1.165) is 16.9 Å². The van der Waals surface area contributed by atoms with Crippen LogP contribution in [-0.2, 0) is 17.1 Å². The van der Waals surface area contributed by atoms with E-state index in [9.17, 15) is 8.42 Å². The molecule has 0 fully saturated rings. The number of hydrogen-bond acceptors (Lipinski definition) is 3. The lowest BCUT2D eigenvalue weighted by atomic mass is 10.0. The average molecular weight is 343 g/mol. The van der Waals surface area contributed by atoms with Crippen LogP contribution < -0.4 is 4.72 Å². The molecule has 1 N–H and O–H groups in total. The molecule has 1 aromatic heterocycles. The van der Waals surface area contributed by atoms with Gasteiger partial charge in [-0.15, -0.1) is 0 Å². The van der Waals surface area contributed by atoms with Crippen LogP contribution >= 0.6 is 0 Å². The number of rotatable bonds is 4. The molecule has 0 aliphatic rings. The summed E-state index contributed by atoms with van der Waals surface area (Å²) >= 11 is 0. The first-order chi connectivity index (χ1) is 11.3. The van der Waals surface area contributed by atoms with E-state index in [1.807, 2.05) is 50.6 Å². The predicted octanol–water partition coefficient (Wildman–Crippen LogP) is 3.81. The zero-order chi connectivity index (χ0) is 17.5. The van der Waals surface area contributed by atoms with Crippen molar-refractivity contribution >= 4 is 26.7 Å². The Bertz CT molecular complexity index is 1000. The monoisotopic (exact) mass is 343 g/mol. The first-order valence-electron chi connectivity index (χ1n) is 7.84. The summed E-state index contributed by atoms with van der Waals surface area (Å²) in [5.41, 5.74) is 3.17. The maximum Gasteiger partial charge on any atom is 0.261 e. The number of anilines is 1. The number of fused-ring (bicyclic) bond motifs is 1. The molecule has 0 aliphatic heterocycles. The van der Waals surface area contributed by atoms with Crippen molar-refractivity contribution in [3.63, 3.8) is 0 Å². The van der Waals surface area contributed by atoms with Crippen LogP contribution in [0, 0.1) is 6.92 Å². The highest BCUT2D eigenvalue weighted by atomic mass is 32.2. The maximum atomic E-state index is 12.8. The topological polar surface area (TPSA) is 64.0 Å². The number of nitrogens with one attached hydrogen (secondary N) is 1. The van der Waals surface area contributed by atoms with Crippen molar-refractivity contribution in [3.8, 4) is 0 Å². The van der Waals surface area contributed by atoms with Crippen LogP contribution in [0.15, 0.2) is 47.4 Å². The summed E-state index contributed by atoms with van der Waals surface area (Å²) in [6.45, 7) is 5.97. The summed E-state index contributed by atoms with van der Waals surface area (Å²) in [5.74, 6) is 1.07. The lowest BCUT2D eigenvalue weighted by molar-refractivity contribution is 0.601. The van der Waals surface area contributed by atoms with Crippen molar-refractivity contribution in [2.75, 3.05) is 4.72 Å². The molecule has 6 heteroatoms. The molecule has 0 radical (unpaired) electrons. The number of sulfonamides is 1. The van der Waals surface area contributed by atoms with E-state index < -0.39 is 10.0 Å². The van der Waals surface area contributed by atoms with Gasteiger partial charge in [0, 0.05) is 7.05 Å². The molecule has 0 aliphatic carbocycles. The summed E-state index contributed by atoms with van der Waals surface area (Å²) in [4.78, 5) is 4.62. The van der Waals surface area contributed by atoms with Crippen molar-refractivity contribution in [1.29, 1.82) is 0 Å². The van der Waals surface area contributed by atoms with E-state index in [1.54, 1.807) is 24.3 Å². The molecule has 126 valence electrons. The molecule has 0 atom stereocenters. The van der Waals surface area contributed by atoms with Crippen LogP contribution in [0.1, 0.15) is 31.2 Å². The minimum Gasteiger partial charge on any atom is -0.331 e. The third-order valence-corrected chi connectivity index (χ3v) is 5.58. The van der Waals surface area contributed by atoms with Crippen molar-refractivity contribution in [2.45, 2.75) is 31.6 Å². The van der Waals surface area contributed by atoms with Gasteiger partial charge in [-0.3, -0.25) is 4.72 Å². The quantitative estimate of drug-likeness (QED) is 0.783. The largest absolute Gasteiger partial charge is 0.331 e. The summed E-state index contributed by atoms with van der Waals surface area (Å²) in [6, 6.07) is 12.5. The molecule has 0 unspecified atom stereocenters. The van der Waals surface area contributed by atoms with Crippen molar-refractivity contribution in [3.05, 3.63) is 53.9 Å². The van der Waals surface area contributed by atoms with Gasteiger partial charge in [-0.2, -0.15) is 0 Å². The van der Waals surface area contributed by atoms with Gasteiger partial charge < -0.3 is 4.57 Å². The Morgan fingerprint density at radius 3 is 2.54 bits per heavy atom. The molecule has 0 bridgehead atoms. The second kappa shape index (κ2) is 5.94. The molecular weight excluding hydrogens is 322 g/mol. The van der Waals surface area contributed by atoms with Gasteiger partial charge in [0.25, 0.3) is 10.0 Å². The zero-order valence-corrected chi connectivity index (χ0v) is 15.1. The maximum absolute atomic E-state index is 12.8. The van der Waals surface area contributed by atoms with E-state index in [2.05, 4.69) is 9.71 Å². The van der Waals surface area contributed by atoms with Crippen molar-refractivity contribution < 1.29 is 8.42 Å². The smallest absolute Gasteiger partial charge is 0.261 e. The lowest BCUT2D eigenvalue weighted by Crippen LogP contribution is -2.14. The molecular formula is C18H21N3O2S. The van der Waals surface area contributed by atoms with Gasteiger partial charge in [0.2, 0.25) is 0 Å². The molecule has 0 amide bonds. The van der Waals surface area contributed by atoms with E-state index in [4.69, 9.17) is 0 Å². The van der Waals surface area contributed by atoms with Crippen LogP contribution in [0.4, 0.5) is 5.69 Å². The molecule has 0 saturated carbocycles. The first-order valence-corrected chi connectivity index (χ1v) is 9.33. The van der Waals surface area contributed by atoms with Crippen LogP contribution in [0.25, 0.3) is 11.0 Å². The van der Waals surface area contributed by atoms with Crippen LogP contribution in [-0.4, -0.2) is 18.0 Å². The second-order valence-corrected chi connectivity index (χ2v) is 7.90. The van der Waals surface area contributed by atoms with E-state index in [1.165, 1.54) is 0 Å². The number of aryl methyl sites for hydroxylation is 2. The standard InChI is InChI=1S/C18H21N3O2S/c1-12(2)15-7-5-6-8-16(15)20-24(22,23)14-9-10-18-17(11-14)19-13(3)21(18)4/h5-12,20H,1-4H3. The number of aromatic nitrogens is 2. The fourth-order valence-electron chi connectivity index (χ4n) is 2.76. The number of nitrogens with zero attached hydrogens (tertiary/aromatic N) is 2. The molecule has 24 heavy (non-hydrogen) atoms. The Morgan fingerprint density at radius 2 is 1.83 bits per heavy atom.